The Bertz CT molecular complexity index is 490. The van der Waals surface area contributed by atoms with Crippen LogP contribution in [0.4, 0.5) is 5.95 Å². The molecule has 0 atom stereocenters. The zero-order valence-corrected chi connectivity index (χ0v) is 8.09. The Morgan fingerprint density at radius 2 is 2.07 bits per heavy atom. The van der Waals surface area contributed by atoms with E-state index in [1.807, 2.05) is 22.9 Å². The van der Waals surface area contributed by atoms with Crippen molar-refractivity contribution in [1.82, 2.24) is 9.55 Å². The number of rotatable bonds is 2. The van der Waals surface area contributed by atoms with Crippen molar-refractivity contribution in [1.29, 1.82) is 5.26 Å². The lowest BCUT2D eigenvalue weighted by Gasteiger charge is -2.04. The third-order valence-electron chi connectivity index (χ3n) is 2.18. The van der Waals surface area contributed by atoms with Crippen LogP contribution in [0.3, 0.4) is 0 Å². The molecular formula is C11H10N4. The number of nitrogens with two attached hydrogens (primary N) is 1. The summed E-state index contributed by atoms with van der Waals surface area (Å²) in [5, 5.41) is 8.64. The highest BCUT2D eigenvalue weighted by Gasteiger charge is 1.99. The normalized spacial score (nSPS) is 9.80. The van der Waals surface area contributed by atoms with Gasteiger partial charge in [0.25, 0.3) is 0 Å². The molecule has 0 amide bonds. The molecule has 0 bridgehead atoms. The summed E-state index contributed by atoms with van der Waals surface area (Å²) >= 11 is 0. The number of hydrogen-bond donors (Lipinski definition) is 1. The molecule has 4 nitrogen and oxygen atoms in total. The fourth-order valence-electron chi connectivity index (χ4n) is 1.36. The Morgan fingerprint density at radius 1 is 1.33 bits per heavy atom. The maximum Gasteiger partial charge on any atom is 0.200 e. The third-order valence-corrected chi connectivity index (χ3v) is 2.18. The van der Waals surface area contributed by atoms with E-state index in [9.17, 15) is 0 Å². The molecule has 0 fully saturated rings. The molecule has 4 heteroatoms. The summed E-state index contributed by atoms with van der Waals surface area (Å²) in [6.45, 7) is 0.678. The fourth-order valence-corrected chi connectivity index (χ4v) is 1.36. The van der Waals surface area contributed by atoms with Crippen molar-refractivity contribution in [2.75, 3.05) is 5.73 Å². The molecule has 2 rings (SSSR count). The first-order valence-electron chi connectivity index (χ1n) is 4.55. The number of aromatic nitrogens is 2. The van der Waals surface area contributed by atoms with Gasteiger partial charge in [0.2, 0.25) is 0 Å². The van der Waals surface area contributed by atoms with Gasteiger partial charge in [-0.25, -0.2) is 4.98 Å². The van der Waals surface area contributed by atoms with Gasteiger partial charge >= 0.3 is 0 Å². The first-order valence-corrected chi connectivity index (χ1v) is 4.55. The minimum atomic E-state index is 0.499. The molecular weight excluding hydrogens is 188 g/mol. The molecule has 0 unspecified atom stereocenters. The molecule has 0 saturated heterocycles. The molecule has 0 aliphatic heterocycles. The van der Waals surface area contributed by atoms with Crippen LogP contribution in [0.2, 0.25) is 0 Å². The van der Waals surface area contributed by atoms with E-state index >= 15 is 0 Å². The van der Waals surface area contributed by atoms with Crippen LogP contribution in [0.15, 0.2) is 36.7 Å². The maximum atomic E-state index is 8.64. The van der Waals surface area contributed by atoms with E-state index in [1.165, 1.54) is 0 Å². The monoisotopic (exact) mass is 198 g/mol. The van der Waals surface area contributed by atoms with E-state index in [0.717, 1.165) is 5.56 Å². The Balaban J connectivity index is 2.19. The largest absolute Gasteiger partial charge is 0.369 e. The molecule has 15 heavy (non-hydrogen) atoms. The number of nitriles is 1. The average molecular weight is 198 g/mol. The zero-order valence-electron chi connectivity index (χ0n) is 8.09. The molecule has 0 radical (unpaired) electrons. The molecule has 1 aromatic carbocycles. The van der Waals surface area contributed by atoms with Gasteiger partial charge in [-0.2, -0.15) is 5.26 Å². The van der Waals surface area contributed by atoms with Crippen LogP contribution in [-0.4, -0.2) is 9.55 Å². The van der Waals surface area contributed by atoms with Crippen molar-refractivity contribution in [3.05, 3.63) is 47.8 Å². The number of hydrogen-bond acceptors (Lipinski definition) is 3. The summed E-state index contributed by atoms with van der Waals surface area (Å²) in [6.07, 6.45) is 3.49. The SMILES string of the molecule is N#Cc1ccc(Cn2ccnc2N)cc1. The first kappa shape index (κ1) is 9.28. The van der Waals surface area contributed by atoms with Crippen LogP contribution < -0.4 is 5.73 Å². The van der Waals surface area contributed by atoms with Gasteiger partial charge in [0.15, 0.2) is 5.95 Å². The van der Waals surface area contributed by atoms with Crippen molar-refractivity contribution in [3.63, 3.8) is 0 Å². The predicted octanol–water partition coefficient (Wildman–Crippen LogP) is 1.39. The topological polar surface area (TPSA) is 67.6 Å². The van der Waals surface area contributed by atoms with Crippen molar-refractivity contribution in [2.45, 2.75) is 6.54 Å². The van der Waals surface area contributed by atoms with E-state index in [-0.39, 0.29) is 0 Å². The molecule has 1 heterocycles. The molecule has 2 N–H and O–H groups in total. The molecule has 0 spiro atoms. The van der Waals surface area contributed by atoms with Crippen LogP contribution in [-0.2, 0) is 6.54 Å². The van der Waals surface area contributed by atoms with Crippen molar-refractivity contribution < 1.29 is 0 Å². The van der Waals surface area contributed by atoms with E-state index in [0.29, 0.717) is 18.1 Å². The van der Waals surface area contributed by atoms with Crippen LogP contribution in [0, 0.1) is 11.3 Å². The Kier molecular flexibility index (Phi) is 2.38. The fraction of sp³-hybridized carbons (Fsp3) is 0.0909. The second-order valence-corrected chi connectivity index (χ2v) is 3.22. The number of benzene rings is 1. The molecule has 1 aromatic heterocycles. The van der Waals surface area contributed by atoms with Crippen molar-refractivity contribution in [2.24, 2.45) is 0 Å². The summed E-state index contributed by atoms with van der Waals surface area (Å²) in [5.74, 6) is 0.499. The Morgan fingerprint density at radius 3 is 2.60 bits per heavy atom. The lowest BCUT2D eigenvalue weighted by molar-refractivity contribution is 0.811. The minimum Gasteiger partial charge on any atom is -0.369 e. The quantitative estimate of drug-likeness (QED) is 0.792. The lowest BCUT2D eigenvalue weighted by atomic mass is 10.1. The Labute approximate surface area is 87.6 Å². The van der Waals surface area contributed by atoms with E-state index < -0.39 is 0 Å². The third kappa shape index (κ3) is 1.97. The van der Waals surface area contributed by atoms with Gasteiger partial charge in [-0.1, -0.05) is 12.1 Å². The number of nitrogens with zero attached hydrogens (tertiary/aromatic N) is 3. The van der Waals surface area contributed by atoms with E-state index in [4.69, 9.17) is 11.0 Å². The van der Waals surface area contributed by atoms with E-state index in [1.54, 1.807) is 18.3 Å². The average Bonchev–Trinajstić information content (AvgIpc) is 2.66. The summed E-state index contributed by atoms with van der Waals surface area (Å²) in [5.41, 5.74) is 7.40. The van der Waals surface area contributed by atoms with E-state index in [2.05, 4.69) is 11.1 Å². The smallest absolute Gasteiger partial charge is 0.200 e. The number of anilines is 1. The van der Waals surface area contributed by atoms with Crippen molar-refractivity contribution in [3.8, 4) is 6.07 Å². The maximum absolute atomic E-state index is 8.64. The van der Waals surface area contributed by atoms with Gasteiger partial charge in [0.05, 0.1) is 18.2 Å². The standard InChI is InChI=1S/C11H10N4/c12-7-9-1-3-10(4-2-9)8-15-6-5-14-11(15)13/h1-6H,8H2,(H2,13,14). The summed E-state index contributed by atoms with van der Waals surface area (Å²) in [4.78, 5) is 3.93. The first-order chi connectivity index (χ1) is 7.29. The number of nitrogen functional groups attached to an aromatic ring is 1. The lowest BCUT2D eigenvalue weighted by Crippen LogP contribution is -2.03. The minimum absolute atomic E-state index is 0.499. The van der Waals surface area contributed by atoms with Crippen molar-refractivity contribution >= 4 is 5.95 Å². The molecule has 74 valence electrons. The summed E-state index contributed by atoms with van der Waals surface area (Å²) in [7, 11) is 0. The predicted molar refractivity (Wildman–Crippen MR) is 56.9 cm³/mol. The molecule has 0 aliphatic carbocycles. The molecule has 0 saturated carbocycles. The van der Waals surface area contributed by atoms with Crippen LogP contribution in [0.1, 0.15) is 11.1 Å². The van der Waals surface area contributed by atoms with Crippen LogP contribution in [0.5, 0.6) is 0 Å². The van der Waals surface area contributed by atoms with Crippen LogP contribution >= 0.6 is 0 Å². The highest BCUT2D eigenvalue weighted by atomic mass is 15.1. The second kappa shape index (κ2) is 3.84. The van der Waals surface area contributed by atoms with Gasteiger partial charge in [0, 0.05) is 12.4 Å². The molecule has 0 aliphatic rings. The molecule has 2 aromatic rings. The van der Waals surface area contributed by atoms with Gasteiger partial charge in [-0.05, 0) is 17.7 Å². The van der Waals surface area contributed by atoms with Gasteiger partial charge < -0.3 is 10.3 Å². The summed E-state index contributed by atoms with van der Waals surface area (Å²) in [6, 6.07) is 9.50. The second-order valence-electron chi connectivity index (χ2n) is 3.22. The van der Waals surface area contributed by atoms with Crippen LogP contribution in [0.25, 0.3) is 0 Å². The highest BCUT2D eigenvalue weighted by Crippen LogP contribution is 2.08. The van der Waals surface area contributed by atoms with Gasteiger partial charge in [-0.3, -0.25) is 0 Å². The Hall–Kier alpha value is -2.28. The zero-order chi connectivity index (χ0) is 10.7. The summed E-state index contributed by atoms with van der Waals surface area (Å²) < 4.78 is 1.85. The van der Waals surface area contributed by atoms with Gasteiger partial charge in [0.1, 0.15) is 0 Å². The van der Waals surface area contributed by atoms with Gasteiger partial charge in [-0.15, -0.1) is 0 Å². The number of imidazole rings is 1. The highest BCUT2D eigenvalue weighted by molar-refractivity contribution is 5.32.